The number of allylic oxidation sites excluding steroid dienone is 1. The summed E-state index contributed by atoms with van der Waals surface area (Å²) < 4.78 is 0. The Kier molecular flexibility index (Phi) is 2.38. The number of thioether (sulfide) groups is 1. The molecule has 0 bridgehead atoms. The van der Waals surface area contributed by atoms with Gasteiger partial charge >= 0.3 is 0 Å². The quantitative estimate of drug-likeness (QED) is 0.572. The number of hydrogen-bond donors (Lipinski definition) is 0. The summed E-state index contributed by atoms with van der Waals surface area (Å²) in [5, 5.41) is 0. The fourth-order valence-electron chi connectivity index (χ4n) is 0.932. The van der Waals surface area contributed by atoms with Crippen LogP contribution in [0.5, 0.6) is 0 Å². The third kappa shape index (κ3) is 1.53. The maximum atomic E-state index is 4.31. The molecular formula is C7H12N2S. The first kappa shape index (κ1) is 7.66. The van der Waals surface area contributed by atoms with Crippen LogP contribution in [-0.4, -0.2) is 29.9 Å². The van der Waals surface area contributed by atoms with E-state index in [0.29, 0.717) is 0 Å². The van der Waals surface area contributed by atoms with Gasteiger partial charge in [-0.3, -0.25) is 4.99 Å². The van der Waals surface area contributed by atoms with E-state index in [1.807, 2.05) is 13.3 Å². The lowest BCUT2D eigenvalue weighted by Crippen LogP contribution is -2.24. The topological polar surface area (TPSA) is 15.6 Å². The summed E-state index contributed by atoms with van der Waals surface area (Å²) in [7, 11) is 2.04. The van der Waals surface area contributed by atoms with Crippen LogP contribution in [0.4, 0.5) is 0 Å². The van der Waals surface area contributed by atoms with Gasteiger partial charge in [0, 0.05) is 19.5 Å². The van der Waals surface area contributed by atoms with E-state index in [-0.39, 0.29) is 5.50 Å². The van der Waals surface area contributed by atoms with E-state index in [1.165, 1.54) is 5.57 Å². The lowest BCUT2D eigenvalue weighted by atomic mass is 10.3. The lowest BCUT2D eigenvalue weighted by Gasteiger charge is -2.24. The normalized spacial score (nSPS) is 24.9. The Balaban J connectivity index is 2.64. The molecule has 1 aliphatic heterocycles. The predicted molar refractivity (Wildman–Crippen MR) is 47.3 cm³/mol. The Morgan fingerprint density at radius 2 is 2.40 bits per heavy atom. The Morgan fingerprint density at radius 1 is 1.70 bits per heavy atom. The van der Waals surface area contributed by atoms with Crippen LogP contribution in [0.25, 0.3) is 0 Å². The fourth-order valence-corrected chi connectivity index (χ4v) is 1.51. The van der Waals surface area contributed by atoms with E-state index in [2.05, 4.69) is 29.3 Å². The number of aliphatic imine (C=N–C) groups is 1. The first-order valence-electron chi connectivity index (χ1n) is 3.20. The van der Waals surface area contributed by atoms with Gasteiger partial charge < -0.3 is 4.90 Å². The molecule has 1 rings (SSSR count). The molecule has 2 nitrogen and oxygen atoms in total. The van der Waals surface area contributed by atoms with Gasteiger partial charge in [-0.15, -0.1) is 11.8 Å². The zero-order valence-corrected chi connectivity index (χ0v) is 7.35. The molecule has 1 atom stereocenters. The molecule has 0 aromatic rings. The van der Waals surface area contributed by atoms with Crippen LogP contribution in [-0.2, 0) is 0 Å². The van der Waals surface area contributed by atoms with Crippen molar-refractivity contribution in [1.29, 1.82) is 0 Å². The third-order valence-corrected chi connectivity index (χ3v) is 2.25. The standard InChI is InChI=1S/C7H12N2S/c1-6-4-8-7(10-3)9(2)5-6/h4-5,7H,1-3H3. The molecule has 3 heteroatoms. The highest BCUT2D eigenvalue weighted by atomic mass is 32.2. The van der Waals surface area contributed by atoms with Crippen molar-refractivity contribution in [3.8, 4) is 0 Å². The highest BCUT2D eigenvalue weighted by Gasteiger charge is 2.10. The molecule has 56 valence electrons. The van der Waals surface area contributed by atoms with E-state index in [4.69, 9.17) is 0 Å². The van der Waals surface area contributed by atoms with Crippen molar-refractivity contribution < 1.29 is 0 Å². The van der Waals surface area contributed by atoms with Crippen molar-refractivity contribution in [2.24, 2.45) is 4.99 Å². The minimum atomic E-state index is 0.281. The molecule has 0 fully saturated rings. The number of hydrogen-bond acceptors (Lipinski definition) is 3. The van der Waals surface area contributed by atoms with E-state index < -0.39 is 0 Å². The third-order valence-electron chi connectivity index (χ3n) is 1.37. The minimum absolute atomic E-state index is 0.281. The highest BCUT2D eigenvalue weighted by molar-refractivity contribution is 7.99. The molecular weight excluding hydrogens is 144 g/mol. The predicted octanol–water partition coefficient (Wildman–Crippen LogP) is 1.55. The van der Waals surface area contributed by atoms with Crippen LogP contribution in [0.3, 0.4) is 0 Å². The average molecular weight is 156 g/mol. The molecule has 0 aromatic heterocycles. The molecule has 0 aliphatic carbocycles. The summed E-state index contributed by atoms with van der Waals surface area (Å²) in [5.41, 5.74) is 1.50. The molecule has 1 heterocycles. The summed E-state index contributed by atoms with van der Waals surface area (Å²) in [6, 6.07) is 0. The molecule has 10 heavy (non-hydrogen) atoms. The zero-order valence-electron chi connectivity index (χ0n) is 6.53. The molecule has 0 aromatic carbocycles. The zero-order chi connectivity index (χ0) is 7.56. The van der Waals surface area contributed by atoms with Gasteiger partial charge in [-0.1, -0.05) is 0 Å². The summed E-state index contributed by atoms with van der Waals surface area (Å²) in [4.78, 5) is 6.42. The van der Waals surface area contributed by atoms with Gasteiger partial charge in [0.15, 0.2) is 5.50 Å². The van der Waals surface area contributed by atoms with Gasteiger partial charge in [0.1, 0.15) is 0 Å². The average Bonchev–Trinajstić information content (AvgIpc) is 1.88. The number of nitrogens with zero attached hydrogens (tertiary/aromatic N) is 2. The first-order valence-corrected chi connectivity index (χ1v) is 4.49. The second kappa shape index (κ2) is 3.10. The van der Waals surface area contributed by atoms with Crippen molar-refractivity contribution in [3.05, 3.63) is 11.8 Å². The molecule has 0 amide bonds. The Morgan fingerprint density at radius 3 is 2.90 bits per heavy atom. The highest BCUT2D eigenvalue weighted by Crippen LogP contribution is 2.16. The molecule has 0 saturated carbocycles. The Bertz CT molecular complexity index is 174. The van der Waals surface area contributed by atoms with Crippen LogP contribution in [0.1, 0.15) is 6.92 Å². The molecule has 1 aliphatic rings. The largest absolute Gasteiger partial charge is 0.350 e. The SMILES string of the molecule is CSC1N=CC(C)=CN1C. The summed E-state index contributed by atoms with van der Waals surface area (Å²) in [6.07, 6.45) is 6.09. The molecule has 0 saturated heterocycles. The second-order valence-corrected chi connectivity index (χ2v) is 3.27. The van der Waals surface area contributed by atoms with E-state index >= 15 is 0 Å². The first-order chi connectivity index (χ1) is 4.74. The monoisotopic (exact) mass is 156 g/mol. The van der Waals surface area contributed by atoms with Crippen molar-refractivity contribution in [2.45, 2.75) is 12.4 Å². The van der Waals surface area contributed by atoms with Crippen LogP contribution < -0.4 is 0 Å². The van der Waals surface area contributed by atoms with E-state index in [0.717, 1.165) is 0 Å². The molecule has 0 spiro atoms. The van der Waals surface area contributed by atoms with Crippen LogP contribution >= 0.6 is 11.8 Å². The Hall–Kier alpha value is -0.440. The summed E-state index contributed by atoms with van der Waals surface area (Å²) in [6.45, 7) is 2.05. The van der Waals surface area contributed by atoms with Gasteiger partial charge in [0.05, 0.1) is 0 Å². The van der Waals surface area contributed by atoms with Crippen molar-refractivity contribution >= 4 is 18.0 Å². The maximum Gasteiger partial charge on any atom is 0.168 e. The van der Waals surface area contributed by atoms with Gasteiger partial charge in [0.25, 0.3) is 0 Å². The van der Waals surface area contributed by atoms with Crippen molar-refractivity contribution in [2.75, 3.05) is 13.3 Å². The lowest BCUT2D eigenvalue weighted by molar-refractivity contribution is 0.432. The van der Waals surface area contributed by atoms with Crippen LogP contribution in [0, 0.1) is 0 Å². The summed E-state index contributed by atoms with van der Waals surface area (Å²) >= 11 is 1.74. The Labute approximate surface area is 66.0 Å². The van der Waals surface area contributed by atoms with Crippen molar-refractivity contribution in [1.82, 2.24) is 4.90 Å². The fraction of sp³-hybridized carbons (Fsp3) is 0.571. The van der Waals surface area contributed by atoms with Crippen LogP contribution in [0.2, 0.25) is 0 Å². The smallest absolute Gasteiger partial charge is 0.168 e. The van der Waals surface area contributed by atoms with Crippen molar-refractivity contribution in [3.63, 3.8) is 0 Å². The summed E-state index contributed by atoms with van der Waals surface area (Å²) in [5.74, 6) is 0. The second-order valence-electron chi connectivity index (χ2n) is 2.38. The van der Waals surface area contributed by atoms with Gasteiger partial charge in [-0.05, 0) is 18.8 Å². The molecule has 1 unspecified atom stereocenters. The van der Waals surface area contributed by atoms with Gasteiger partial charge in [0.2, 0.25) is 0 Å². The number of rotatable bonds is 1. The van der Waals surface area contributed by atoms with E-state index in [9.17, 15) is 0 Å². The maximum absolute atomic E-state index is 4.31. The molecule has 0 N–H and O–H groups in total. The van der Waals surface area contributed by atoms with Gasteiger partial charge in [-0.25, -0.2) is 0 Å². The van der Waals surface area contributed by atoms with Gasteiger partial charge in [-0.2, -0.15) is 0 Å². The van der Waals surface area contributed by atoms with Crippen LogP contribution in [0.15, 0.2) is 16.8 Å². The van der Waals surface area contributed by atoms with E-state index in [1.54, 1.807) is 11.8 Å². The minimum Gasteiger partial charge on any atom is -0.350 e. The molecule has 0 radical (unpaired) electrons.